The van der Waals surface area contributed by atoms with Crippen molar-refractivity contribution in [3.05, 3.63) is 340 Å². The summed E-state index contributed by atoms with van der Waals surface area (Å²) >= 11 is 0. The van der Waals surface area contributed by atoms with Gasteiger partial charge in [-0.3, -0.25) is 4.98 Å². The Kier molecular flexibility index (Phi) is 12.5. The van der Waals surface area contributed by atoms with Crippen LogP contribution in [-0.4, -0.2) is 38.2 Å². The van der Waals surface area contributed by atoms with Crippen LogP contribution in [0.15, 0.2) is 340 Å². The van der Waals surface area contributed by atoms with Crippen molar-refractivity contribution in [2.24, 2.45) is 0 Å². The van der Waals surface area contributed by atoms with E-state index in [1.54, 1.807) is 0 Å². The number of para-hydroxylation sites is 10. The lowest BCUT2D eigenvalue weighted by molar-refractivity contribution is 1.18. The van der Waals surface area contributed by atoms with Gasteiger partial charge >= 0.3 is 0 Å². The minimum absolute atomic E-state index is 0.880. The number of aromatic nitrogens is 8. The lowest BCUT2D eigenvalue weighted by Gasteiger charge is -2.13. The molecule has 0 amide bonds. The van der Waals surface area contributed by atoms with Gasteiger partial charge in [-0.1, -0.05) is 200 Å². The van der Waals surface area contributed by atoms with Crippen LogP contribution in [0.2, 0.25) is 0 Å². The zero-order valence-electron chi connectivity index (χ0n) is 52.9. The van der Waals surface area contributed by atoms with Crippen LogP contribution in [0, 0.1) is 0 Å². The third-order valence-electron chi connectivity index (χ3n) is 19.8. The van der Waals surface area contributed by atoms with Gasteiger partial charge in [0.25, 0.3) is 0 Å². The van der Waals surface area contributed by atoms with Crippen molar-refractivity contribution in [2.75, 3.05) is 0 Å². The van der Waals surface area contributed by atoms with Crippen LogP contribution in [-0.2, 0) is 0 Å². The molecule has 6 aromatic heterocycles. The Balaban J connectivity index is 0.000000134. The normalized spacial score (nSPS) is 11.9. The summed E-state index contributed by atoms with van der Waals surface area (Å²) in [7, 11) is 0. The van der Waals surface area contributed by atoms with Crippen LogP contribution in [0.3, 0.4) is 0 Å². The van der Waals surface area contributed by atoms with Crippen LogP contribution in [0.1, 0.15) is 0 Å². The van der Waals surface area contributed by atoms with Gasteiger partial charge in [0.1, 0.15) is 0 Å². The Labute approximate surface area is 562 Å². The van der Waals surface area contributed by atoms with Gasteiger partial charge in [0.05, 0.1) is 89.5 Å². The SMILES string of the molecule is c1ccc(-c2nc3ccccc3nc2-c2ccc3cc(-n4c5ccccc5c5cc6c(cc54)c4ccccc4n6-c4ccccc4)ccc3c2)cc1.c1ccc(-n2c3ccccc3c3cc4c(cc32)c2ccccc2n4-c2ccc3cc(-c4cnc5ccccc5n4)ccc3c2)cc1. The van der Waals surface area contributed by atoms with Crippen LogP contribution in [0.4, 0.5) is 0 Å². The molecule has 0 spiro atoms. The van der Waals surface area contributed by atoms with Crippen molar-refractivity contribution in [3.8, 4) is 56.5 Å². The van der Waals surface area contributed by atoms with E-state index < -0.39 is 0 Å². The van der Waals surface area contributed by atoms with E-state index in [0.29, 0.717) is 0 Å². The van der Waals surface area contributed by atoms with E-state index in [2.05, 4.69) is 302 Å². The van der Waals surface area contributed by atoms with Crippen LogP contribution < -0.4 is 0 Å². The van der Waals surface area contributed by atoms with E-state index in [1.165, 1.54) is 109 Å². The largest absolute Gasteiger partial charge is 0.309 e. The van der Waals surface area contributed by atoms with E-state index in [9.17, 15) is 0 Å². The summed E-state index contributed by atoms with van der Waals surface area (Å²) in [6.07, 6.45) is 1.87. The molecule has 8 nitrogen and oxygen atoms in total. The van der Waals surface area contributed by atoms with Gasteiger partial charge in [-0.25, -0.2) is 15.0 Å². The molecule has 0 aliphatic rings. The second-order valence-electron chi connectivity index (χ2n) is 25.4. The topological polar surface area (TPSA) is 71.3 Å². The van der Waals surface area contributed by atoms with Crippen molar-refractivity contribution in [1.29, 1.82) is 0 Å². The smallest absolute Gasteiger partial charge is 0.0973 e. The molecule has 15 aromatic carbocycles. The number of nitrogens with zero attached hydrogens (tertiary/aromatic N) is 8. The zero-order valence-corrected chi connectivity index (χ0v) is 52.9. The quantitative estimate of drug-likeness (QED) is 0.159. The molecule has 98 heavy (non-hydrogen) atoms. The average Bonchev–Trinajstić information content (AvgIpc) is 1.56. The monoisotopic (exact) mass is 1250 g/mol. The molecule has 0 aliphatic carbocycles. The molecule has 21 rings (SSSR count). The Bertz CT molecular complexity index is 6800. The standard InChI is InChI=1S/C48H30N4.C42H26N4/c1-3-13-31(14-4-1)47-48(50-42-20-10-9-19-41(42)49-47)34-24-23-33-28-36(26-25-32(33)27-34)52-44-22-12-8-18-38(44)40-29-45-39(30-46(40)52)37-17-7-11-21-43(37)51(45)35-15-5-2-6-16-35;1-2-10-30(11-3-1)45-39-16-8-4-12-32(39)34-25-42-35(24-41(34)45)33-13-5-9-17-40(33)46(42)31-21-20-27-22-29(19-18-28(27)23-31)38-26-43-36-14-6-7-15-37(36)44-38/h1-30H;1-26H. The summed E-state index contributed by atoms with van der Waals surface area (Å²) in [4.78, 5) is 19.8. The average molecular weight is 1250 g/mol. The highest BCUT2D eigenvalue weighted by Gasteiger charge is 2.22. The van der Waals surface area contributed by atoms with E-state index in [4.69, 9.17) is 15.0 Å². The maximum absolute atomic E-state index is 5.15. The molecule has 0 saturated heterocycles. The van der Waals surface area contributed by atoms with E-state index >= 15 is 0 Å². The van der Waals surface area contributed by atoms with Gasteiger partial charge < -0.3 is 18.3 Å². The van der Waals surface area contributed by atoms with Gasteiger partial charge in [0, 0.05) is 82.5 Å². The lowest BCUT2D eigenvalue weighted by Crippen LogP contribution is -1.96. The molecule has 456 valence electrons. The first-order valence-corrected chi connectivity index (χ1v) is 33.3. The zero-order chi connectivity index (χ0) is 64.4. The maximum atomic E-state index is 5.15. The second kappa shape index (κ2) is 22.2. The van der Waals surface area contributed by atoms with Crippen LogP contribution >= 0.6 is 0 Å². The molecular weight excluding hydrogens is 1190 g/mol. The third-order valence-corrected chi connectivity index (χ3v) is 19.8. The van der Waals surface area contributed by atoms with E-state index in [0.717, 1.165) is 78.3 Å². The first-order valence-electron chi connectivity index (χ1n) is 33.3. The third kappa shape index (κ3) is 8.85. The molecule has 0 fully saturated rings. The molecule has 0 aliphatic heterocycles. The van der Waals surface area contributed by atoms with Crippen LogP contribution in [0.25, 0.3) is 187 Å². The predicted octanol–water partition coefficient (Wildman–Crippen LogP) is 23.0. The summed E-state index contributed by atoms with van der Waals surface area (Å²) in [5.74, 6) is 0. The van der Waals surface area contributed by atoms with Gasteiger partial charge in [0.2, 0.25) is 0 Å². The summed E-state index contributed by atoms with van der Waals surface area (Å²) in [5, 5.41) is 14.6. The van der Waals surface area contributed by atoms with Crippen molar-refractivity contribution in [2.45, 2.75) is 0 Å². The molecule has 0 saturated carbocycles. The Morgan fingerprint density at radius 1 is 0.194 bits per heavy atom. The number of fused-ring (bicyclic) bond motifs is 16. The Morgan fingerprint density at radius 3 is 0.969 bits per heavy atom. The first-order chi connectivity index (χ1) is 48.6. The molecule has 0 radical (unpaired) electrons. The number of benzene rings is 15. The minimum atomic E-state index is 0.880. The highest BCUT2D eigenvalue weighted by molar-refractivity contribution is 6.21. The van der Waals surface area contributed by atoms with Gasteiger partial charge in [0.15, 0.2) is 0 Å². The summed E-state index contributed by atoms with van der Waals surface area (Å²) in [6, 6.07) is 119. The van der Waals surface area contributed by atoms with Gasteiger partial charge in [-0.2, -0.15) is 0 Å². The maximum Gasteiger partial charge on any atom is 0.0973 e. The summed E-state index contributed by atoms with van der Waals surface area (Å²) in [5.41, 5.74) is 23.6. The molecule has 0 unspecified atom stereocenters. The molecule has 21 aromatic rings. The van der Waals surface area contributed by atoms with Crippen molar-refractivity contribution in [1.82, 2.24) is 38.2 Å². The number of hydrogen-bond donors (Lipinski definition) is 0. The summed E-state index contributed by atoms with van der Waals surface area (Å²) in [6.45, 7) is 0. The molecule has 8 heteroatoms. The predicted molar refractivity (Wildman–Crippen MR) is 408 cm³/mol. The Hall–Kier alpha value is -13.3. The first kappa shape index (κ1) is 55.2. The van der Waals surface area contributed by atoms with Crippen molar-refractivity contribution >= 4 is 131 Å². The minimum Gasteiger partial charge on any atom is -0.309 e. The molecule has 0 bridgehead atoms. The highest BCUT2D eigenvalue weighted by atomic mass is 15.0. The highest BCUT2D eigenvalue weighted by Crippen LogP contribution is 2.43. The fourth-order valence-corrected chi connectivity index (χ4v) is 15.3. The summed E-state index contributed by atoms with van der Waals surface area (Å²) < 4.78 is 9.63. The molecular formula is C90H56N8. The fourth-order valence-electron chi connectivity index (χ4n) is 15.3. The lowest BCUT2D eigenvalue weighted by atomic mass is 10.00. The molecule has 6 heterocycles. The van der Waals surface area contributed by atoms with Gasteiger partial charge in [-0.05, 0) is 155 Å². The molecule has 0 N–H and O–H groups in total. The van der Waals surface area contributed by atoms with E-state index in [1.807, 2.05) is 60.8 Å². The second-order valence-corrected chi connectivity index (χ2v) is 25.4. The van der Waals surface area contributed by atoms with Gasteiger partial charge in [-0.15, -0.1) is 0 Å². The number of rotatable bonds is 7. The Morgan fingerprint density at radius 2 is 0.520 bits per heavy atom. The van der Waals surface area contributed by atoms with Crippen molar-refractivity contribution < 1.29 is 0 Å². The van der Waals surface area contributed by atoms with E-state index in [-0.39, 0.29) is 0 Å². The molecule has 0 atom stereocenters. The number of hydrogen-bond acceptors (Lipinski definition) is 4. The fraction of sp³-hybridized carbons (Fsp3) is 0. The van der Waals surface area contributed by atoms with Crippen molar-refractivity contribution in [3.63, 3.8) is 0 Å². The van der Waals surface area contributed by atoms with Crippen LogP contribution in [0.5, 0.6) is 0 Å².